The van der Waals surface area contributed by atoms with Crippen LogP contribution in [0.25, 0.3) is 11.0 Å². The van der Waals surface area contributed by atoms with Crippen LogP contribution in [0.5, 0.6) is 5.75 Å². The SMILES string of the molecule is O=c1c(CO)coc2ccc(O)cc12. The average molecular weight is 192 g/mol. The molecule has 2 rings (SSSR count). The number of aliphatic hydroxyl groups is 1. The van der Waals surface area contributed by atoms with Crippen LogP contribution < -0.4 is 5.43 Å². The van der Waals surface area contributed by atoms with Crippen molar-refractivity contribution in [2.75, 3.05) is 0 Å². The molecular weight excluding hydrogens is 184 g/mol. The van der Waals surface area contributed by atoms with E-state index in [4.69, 9.17) is 9.52 Å². The van der Waals surface area contributed by atoms with E-state index in [1.165, 1.54) is 24.5 Å². The Hall–Kier alpha value is -1.81. The van der Waals surface area contributed by atoms with E-state index in [0.29, 0.717) is 5.58 Å². The summed E-state index contributed by atoms with van der Waals surface area (Å²) < 4.78 is 5.10. The summed E-state index contributed by atoms with van der Waals surface area (Å²) in [5.41, 5.74) is 0.262. The zero-order valence-corrected chi connectivity index (χ0v) is 7.23. The fourth-order valence-corrected chi connectivity index (χ4v) is 1.27. The Balaban J connectivity index is 2.87. The van der Waals surface area contributed by atoms with E-state index >= 15 is 0 Å². The van der Waals surface area contributed by atoms with Crippen LogP contribution in [-0.2, 0) is 6.61 Å². The molecule has 0 atom stereocenters. The molecule has 2 N–H and O–H groups in total. The van der Waals surface area contributed by atoms with Crippen LogP contribution in [0.15, 0.2) is 33.7 Å². The lowest BCUT2D eigenvalue weighted by molar-refractivity contribution is 0.277. The molecule has 0 unspecified atom stereocenters. The monoisotopic (exact) mass is 192 g/mol. The van der Waals surface area contributed by atoms with E-state index in [0.717, 1.165) is 0 Å². The van der Waals surface area contributed by atoms with Gasteiger partial charge in [-0.2, -0.15) is 0 Å². The third kappa shape index (κ3) is 1.25. The maximum Gasteiger partial charge on any atom is 0.198 e. The lowest BCUT2D eigenvalue weighted by Crippen LogP contribution is -2.07. The summed E-state index contributed by atoms with van der Waals surface area (Å²) in [6, 6.07) is 4.26. The summed E-state index contributed by atoms with van der Waals surface area (Å²) in [5, 5.41) is 18.3. The first kappa shape index (κ1) is 8.77. The fraction of sp³-hybridized carbons (Fsp3) is 0.100. The zero-order chi connectivity index (χ0) is 10.1. The zero-order valence-electron chi connectivity index (χ0n) is 7.23. The van der Waals surface area contributed by atoms with Crippen molar-refractivity contribution < 1.29 is 14.6 Å². The van der Waals surface area contributed by atoms with E-state index in [9.17, 15) is 9.90 Å². The summed E-state index contributed by atoms with van der Waals surface area (Å²) in [6.45, 7) is -0.367. The van der Waals surface area contributed by atoms with Crippen LogP contribution >= 0.6 is 0 Å². The summed E-state index contributed by atoms with van der Waals surface area (Å²) >= 11 is 0. The normalized spacial score (nSPS) is 10.6. The Kier molecular flexibility index (Phi) is 1.98. The molecule has 0 aliphatic heterocycles. The van der Waals surface area contributed by atoms with Crippen LogP contribution in [0, 0.1) is 0 Å². The Morgan fingerprint density at radius 2 is 2.14 bits per heavy atom. The van der Waals surface area contributed by atoms with Crippen molar-refractivity contribution in [2.45, 2.75) is 6.61 Å². The number of fused-ring (bicyclic) bond motifs is 1. The summed E-state index contributed by atoms with van der Waals surface area (Å²) in [4.78, 5) is 11.6. The maximum absolute atomic E-state index is 11.6. The molecule has 0 aliphatic rings. The second-order valence-electron chi connectivity index (χ2n) is 2.93. The lowest BCUT2D eigenvalue weighted by Gasteiger charge is -1.99. The Labute approximate surface area is 79.0 Å². The molecule has 4 heteroatoms. The van der Waals surface area contributed by atoms with Crippen LogP contribution in [0.3, 0.4) is 0 Å². The minimum absolute atomic E-state index is 0.000102. The molecular formula is C10H8O4. The van der Waals surface area contributed by atoms with Crippen molar-refractivity contribution in [3.05, 3.63) is 40.2 Å². The minimum Gasteiger partial charge on any atom is -0.508 e. The van der Waals surface area contributed by atoms with Crippen LogP contribution in [-0.4, -0.2) is 10.2 Å². The van der Waals surface area contributed by atoms with E-state index in [2.05, 4.69) is 0 Å². The van der Waals surface area contributed by atoms with E-state index in [1.54, 1.807) is 0 Å². The molecule has 0 fully saturated rings. The molecule has 2 aromatic rings. The van der Waals surface area contributed by atoms with Gasteiger partial charge in [0.2, 0.25) is 0 Å². The largest absolute Gasteiger partial charge is 0.508 e. The number of aliphatic hydroxyl groups excluding tert-OH is 1. The molecule has 1 aromatic carbocycles. The van der Waals surface area contributed by atoms with Gasteiger partial charge in [0, 0.05) is 0 Å². The highest BCUT2D eigenvalue weighted by Crippen LogP contribution is 2.17. The van der Waals surface area contributed by atoms with Crippen molar-refractivity contribution in [1.82, 2.24) is 0 Å². The third-order valence-electron chi connectivity index (χ3n) is 2.00. The molecule has 1 heterocycles. The lowest BCUT2D eigenvalue weighted by atomic mass is 10.2. The second-order valence-corrected chi connectivity index (χ2v) is 2.93. The van der Waals surface area contributed by atoms with Crippen LogP contribution in [0.1, 0.15) is 5.56 Å². The first-order valence-electron chi connectivity index (χ1n) is 4.06. The maximum atomic E-state index is 11.6. The second kappa shape index (κ2) is 3.16. The number of hydrogen-bond donors (Lipinski definition) is 2. The van der Waals surface area contributed by atoms with Gasteiger partial charge >= 0.3 is 0 Å². The topological polar surface area (TPSA) is 70.7 Å². The predicted molar refractivity (Wildman–Crippen MR) is 50.1 cm³/mol. The van der Waals surface area contributed by atoms with Gasteiger partial charge in [0.15, 0.2) is 5.43 Å². The molecule has 0 saturated carbocycles. The van der Waals surface area contributed by atoms with Gasteiger partial charge in [0.05, 0.1) is 17.6 Å². The quantitative estimate of drug-likeness (QED) is 0.706. The van der Waals surface area contributed by atoms with E-state index in [1.807, 2.05) is 0 Å². The Morgan fingerprint density at radius 1 is 1.36 bits per heavy atom. The first-order chi connectivity index (χ1) is 6.72. The number of benzene rings is 1. The smallest absolute Gasteiger partial charge is 0.198 e. The van der Waals surface area contributed by atoms with Crippen molar-refractivity contribution in [2.24, 2.45) is 0 Å². The standard InChI is InChI=1S/C10H8O4/c11-4-6-5-14-9-2-1-7(12)3-8(9)10(6)13/h1-3,5,11-12H,4H2. The van der Waals surface area contributed by atoms with Gasteiger partial charge in [0.1, 0.15) is 17.6 Å². The number of rotatable bonds is 1. The molecule has 0 spiro atoms. The molecule has 0 radical (unpaired) electrons. The molecule has 72 valence electrons. The number of phenols is 1. The van der Waals surface area contributed by atoms with Crippen molar-refractivity contribution >= 4 is 11.0 Å². The molecule has 0 bridgehead atoms. The van der Waals surface area contributed by atoms with Crippen molar-refractivity contribution in [3.63, 3.8) is 0 Å². The number of hydrogen-bond acceptors (Lipinski definition) is 4. The van der Waals surface area contributed by atoms with Crippen LogP contribution in [0.4, 0.5) is 0 Å². The molecule has 0 amide bonds. The third-order valence-corrected chi connectivity index (χ3v) is 2.00. The molecule has 14 heavy (non-hydrogen) atoms. The van der Waals surface area contributed by atoms with Gasteiger partial charge in [-0.1, -0.05) is 0 Å². The highest BCUT2D eigenvalue weighted by atomic mass is 16.3. The molecule has 0 saturated heterocycles. The molecule has 0 aliphatic carbocycles. The van der Waals surface area contributed by atoms with Gasteiger partial charge in [-0.15, -0.1) is 0 Å². The van der Waals surface area contributed by atoms with Gasteiger partial charge < -0.3 is 14.6 Å². The highest BCUT2D eigenvalue weighted by molar-refractivity contribution is 5.78. The van der Waals surface area contributed by atoms with Gasteiger partial charge in [0.25, 0.3) is 0 Å². The van der Waals surface area contributed by atoms with Gasteiger partial charge in [-0.25, -0.2) is 0 Å². The Bertz CT molecular complexity index is 527. The Morgan fingerprint density at radius 3 is 2.86 bits per heavy atom. The number of phenolic OH excluding ortho intramolecular Hbond substituents is 1. The average Bonchev–Trinajstić information content (AvgIpc) is 2.20. The fourth-order valence-electron chi connectivity index (χ4n) is 1.27. The van der Waals surface area contributed by atoms with Crippen LogP contribution in [0.2, 0.25) is 0 Å². The minimum atomic E-state index is -0.367. The molecule has 1 aromatic heterocycles. The van der Waals surface area contributed by atoms with E-state index in [-0.39, 0.29) is 28.7 Å². The van der Waals surface area contributed by atoms with Crippen molar-refractivity contribution in [1.29, 1.82) is 0 Å². The van der Waals surface area contributed by atoms with Crippen molar-refractivity contribution in [3.8, 4) is 5.75 Å². The number of aromatic hydroxyl groups is 1. The molecule has 4 nitrogen and oxygen atoms in total. The summed E-state index contributed by atoms with van der Waals surface area (Å²) in [7, 11) is 0. The predicted octanol–water partition coefficient (Wildman–Crippen LogP) is 0.991. The van der Waals surface area contributed by atoms with Gasteiger partial charge in [-0.05, 0) is 18.2 Å². The summed E-state index contributed by atoms with van der Waals surface area (Å²) in [6.07, 6.45) is 1.22. The van der Waals surface area contributed by atoms with E-state index < -0.39 is 0 Å². The first-order valence-corrected chi connectivity index (χ1v) is 4.06. The summed E-state index contributed by atoms with van der Waals surface area (Å²) in [5.74, 6) is -0.000102. The highest BCUT2D eigenvalue weighted by Gasteiger charge is 2.06. The van der Waals surface area contributed by atoms with Gasteiger partial charge in [-0.3, -0.25) is 4.79 Å².